The van der Waals surface area contributed by atoms with Crippen LogP contribution in [0.25, 0.3) is 0 Å². The van der Waals surface area contributed by atoms with Crippen molar-refractivity contribution in [1.82, 2.24) is 10.3 Å². The van der Waals surface area contributed by atoms with Crippen LogP contribution in [0.3, 0.4) is 0 Å². The highest BCUT2D eigenvalue weighted by Gasteiger charge is 2.07. The van der Waals surface area contributed by atoms with E-state index >= 15 is 0 Å². The average molecular weight is 368 g/mol. The maximum Gasteiger partial charge on any atom is 0.254 e. The lowest BCUT2D eigenvalue weighted by Crippen LogP contribution is -2.23. The molecule has 3 rings (SSSR count). The van der Waals surface area contributed by atoms with Crippen LogP contribution in [0, 0.1) is 10.5 Å². The highest BCUT2D eigenvalue weighted by atomic mass is 32.1. The molecule has 1 aromatic heterocycles. The van der Waals surface area contributed by atoms with E-state index in [0.29, 0.717) is 29.1 Å². The van der Waals surface area contributed by atoms with Gasteiger partial charge in [-0.25, -0.2) is 4.39 Å². The number of carbonyl (C=O) groups is 1. The summed E-state index contributed by atoms with van der Waals surface area (Å²) in [6.45, 7) is 0.673. The highest BCUT2D eigenvalue weighted by molar-refractivity contribution is 7.71. The monoisotopic (exact) mass is 368 g/mol. The summed E-state index contributed by atoms with van der Waals surface area (Å²) in [4.78, 5) is 15.0. The molecular formula is C20H17FN2O2S. The second-order valence-electron chi connectivity index (χ2n) is 5.66. The van der Waals surface area contributed by atoms with Crippen molar-refractivity contribution in [2.75, 3.05) is 0 Å². The summed E-state index contributed by atoms with van der Waals surface area (Å²) in [5.74, 6) is 0.170. The van der Waals surface area contributed by atoms with Gasteiger partial charge in [-0.2, -0.15) is 0 Å². The molecule has 26 heavy (non-hydrogen) atoms. The Bertz CT molecular complexity index is 954. The molecular weight excluding hydrogens is 351 g/mol. The van der Waals surface area contributed by atoms with E-state index < -0.39 is 0 Å². The van der Waals surface area contributed by atoms with Gasteiger partial charge in [0.1, 0.15) is 22.8 Å². The van der Waals surface area contributed by atoms with E-state index in [0.717, 1.165) is 11.1 Å². The van der Waals surface area contributed by atoms with Crippen molar-refractivity contribution in [2.24, 2.45) is 0 Å². The number of halogens is 1. The van der Waals surface area contributed by atoms with Crippen LogP contribution in [0.5, 0.6) is 5.75 Å². The van der Waals surface area contributed by atoms with Crippen molar-refractivity contribution < 1.29 is 13.9 Å². The molecule has 0 aliphatic rings. The Morgan fingerprint density at radius 2 is 1.88 bits per heavy atom. The highest BCUT2D eigenvalue weighted by Crippen LogP contribution is 2.15. The fourth-order valence-electron chi connectivity index (χ4n) is 2.37. The molecule has 0 aliphatic carbocycles. The van der Waals surface area contributed by atoms with Gasteiger partial charge in [0.25, 0.3) is 5.91 Å². The molecule has 6 heteroatoms. The van der Waals surface area contributed by atoms with Crippen molar-refractivity contribution >= 4 is 18.1 Å². The van der Waals surface area contributed by atoms with Gasteiger partial charge in [-0.1, -0.05) is 36.5 Å². The minimum absolute atomic E-state index is 0.224. The summed E-state index contributed by atoms with van der Waals surface area (Å²) in [5.41, 5.74) is 2.14. The average Bonchev–Trinajstić information content (AvgIpc) is 2.66. The van der Waals surface area contributed by atoms with Crippen LogP contribution >= 0.6 is 12.2 Å². The molecule has 2 N–H and O–H groups in total. The van der Waals surface area contributed by atoms with Crippen LogP contribution in [0.15, 0.2) is 66.9 Å². The largest absolute Gasteiger partial charge is 0.489 e. The molecule has 4 nitrogen and oxygen atoms in total. The predicted molar refractivity (Wildman–Crippen MR) is 100.0 cm³/mol. The zero-order valence-corrected chi connectivity index (χ0v) is 14.7. The lowest BCUT2D eigenvalue weighted by molar-refractivity contribution is 0.0950. The van der Waals surface area contributed by atoms with Crippen molar-refractivity contribution in [1.29, 1.82) is 0 Å². The second-order valence-corrected chi connectivity index (χ2v) is 6.07. The molecule has 0 unspecified atom stereocenters. The van der Waals surface area contributed by atoms with Gasteiger partial charge >= 0.3 is 0 Å². The number of H-pyrrole nitrogens is 1. The normalized spacial score (nSPS) is 10.3. The Hall–Kier alpha value is -2.99. The molecule has 0 radical (unpaired) electrons. The molecule has 0 atom stereocenters. The quantitative estimate of drug-likeness (QED) is 0.635. The van der Waals surface area contributed by atoms with Crippen LogP contribution in [0.4, 0.5) is 4.39 Å². The standard InChI is InChI=1S/C20H17FN2O2S/c21-16-4-1-3-15(11-16)13-25-17-8-6-14(7-9-17)12-23-19(24)18-5-2-10-22-20(18)26/h1-11H,12-13H2,(H,22,26)(H,23,24). The molecule has 0 spiro atoms. The van der Waals surface area contributed by atoms with Crippen LogP contribution < -0.4 is 10.1 Å². The molecule has 0 aliphatic heterocycles. The molecule has 132 valence electrons. The van der Waals surface area contributed by atoms with Crippen LogP contribution in [-0.2, 0) is 13.2 Å². The third-order valence-electron chi connectivity index (χ3n) is 3.73. The second kappa shape index (κ2) is 8.40. The number of aromatic amines is 1. The van der Waals surface area contributed by atoms with Gasteiger partial charge in [0.15, 0.2) is 0 Å². The Balaban J connectivity index is 1.54. The zero-order valence-electron chi connectivity index (χ0n) is 13.9. The van der Waals surface area contributed by atoms with Crippen LogP contribution in [0.1, 0.15) is 21.5 Å². The molecule has 2 aromatic carbocycles. The van der Waals surface area contributed by atoms with Gasteiger partial charge in [0, 0.05) is 12.7 Å². The number of ether oxygens (including phenoxy) is 1. The third-order valence-corrected chi connectivity index (χ3v) is 4.07. The Kier molecular flexibility index (Phi) is 5.76. The predicted octanol–water partition coefficient (Wildman–Crippen LogP) is 4.39. The number of hydrogen-bond donors (Lipinski definition) is 2. The molecule has 0 bridgehead atoms. The van der Waals surface area contributed by atoms with Crippen molar-refractivity contribution in [2.45, 2.75) is 13.2 Å². The molecule has 0 saturated heterocycles. The van der Waals surface area contributed by atoms with Crippen LogP contribution in [-0.4, -0.2) is 10.9 Å². The number of benzene rings is 2. The van der Waals surface area contributed by atoms with Gasteiger partial charge in [0.2, 0.25) is 0 Å². The number of amides is 1. The number of carbonyl (C=O) groups excluding carboxylic acids is 1. The maximum absolute atomic E-state index is 13.1. The van der Waals surface area contributed by atoms with E-state index in [1.807, 2.05) is 24.3 Å². The van der Waals surface area contributed by atoms with Gasteiger partial charge in [-0.3, -0.25) is 4.79 Å². The first-order valence-corrected chi connectivity index (χ1v) is 8.45. The number of hydrogen-bond acceptors (Lipinski definition) is 3. The smallest absolute Gasteiger partial charge is 0.254 e. The lowest BCUT2D eigenvalue weighted by Gasteiger charge is -2.09. The molecule has 0 saturated carbocycles. The summed E-state index contributed by atoms with van der Waals surface area (Å²) in [6.07, 6.45) is 1.68. The third kappa shape index (κ3) is 4.77. The van der Waals surface area contributed by atoms with Crippen molar-refractivity contribution in [3.8, 4) is 5.75 Å². The summed E-state index contributed by atoms with van der Waals surface area (Å²) in [7, 11) is 0. The fourth-order valence-corrected chi connectivity index (χ4v) is 2.60. The van der Waals surface area contributed by atoms with E-state index in [4.69, 9.17) is 17.0 Å². The Morgan fingerprint density at radius 1 is 1.08 bits per heavy atom. The number of aromatic nitrogens is 1. The minimum atomic E-state index is -0.282. The first-order chi connectivity index (χ1) is 12.6. The topological polar surface area (TPSA) is 54.1 Å². The first kappa shape index (κ1) is 17.8. The fraction of sp³-hybridized carbons (Fsp3) is 0.100. The van der Waals surface area contributed by atoms with Gasteiger partial charge < -0.3 is 15.0 Å². The molecule has 3 aromatic rings. The minimum Gasteiger partial charge on any atom is -0.489 e. The van der Waals surface area contributed by atoms with E-state index in [-0.39, 0.29) is 11.7 Å². The molecule has 1 amide bonds. The van der Waals surface area contributed by atoms with E-state index in [1.165, 1.54) is 12.1 Å². The first-order valence-electron chi connectivity index (χ1n) is 8.04. The Labute approximate surface area is 155 Å². The summed E-state index contributed by atoms with van der Waals surface area (Å²) in [6, 6.07) is 17.1. The van der Waals surface area contributed by atoms with Crippen molar-refractivity contribution in [3.05, 3.63) is 94.0 Å². The SMILES string of the molecule is O=C(NCc1ccc(OCc2cccc(F)c2)cc1)c1ccc[nH]c1=S. The van der Waals surface area contributed by atoms with E-state index in [9.17, 15) is 9.18 Å². The number of nitrogens with one attached hydrogen (secondary N) is 2. The molecule has 0 fully saturated rings. The van der Waals surface area contributed by atoms with E-state index in [2.05, 4.69) is 10.3 Å². The van der Waals surface area contributed by atoms with Gasteiger partial charge in [-0.05, 0) is 47.5 Å². The molecule has 1 heterocycles. The number of pyridine rings is 1. The summed E-state index contributed by atoms with van der Waals surface area (Å²) < 4.78 is 19.2. The van der Waals surface area contributed by atoms with Crippen LogP contribution in [0.2, 0.25) is 0 Å². The Morgan fingerprint density at radius 3 is 2.62 bits per heavy atom. The maximum atomic E-state index is 13.1. The lowest BCUT2D eigenvalue weighted by atomic mass is 10.2. The summed E-state index contributed by atoms with van der Waals surface area (Å²) >= 11 is 5.10. The van der Waals surface area contributed by atoms with E-state index in [1.54, 1.807) is 30.5 Å². The van der Waals surface area contributed by atoms with Gasteiger partial charge in [0.05, 0.1) is 5.56 Å². The summed E-state index contributed by atoms with van der Waals surface area (Å²) in [5, 5.41) is 2.83. The number of rotatable bonds is 6. The van der Waals surface area contributed by atoms with Crippen molar-refractivity contribution in [3.63, 3.8) is 0 Å². The zero-order chi connectivity index (χ0) is 18.4. The van der Waals surface area contributed by atoms with Gasteiger partial charge in [-0.15, -0.1) is 0 Å².